The number of rotatable bonds is 11. The van der Waals surface area contributed by atoms with E-state index in [0.29, 0.717) is 19.1 Å². The van der Waals surface area contributed by atoms with Crippen LogP contribution in [0.25, 0.3) is 0 Å². The topological polar surface area (TPSA) is 61.7 Å². The highest BCUT2D eigenvalue weighted by atomic mass is 16.5. The van der Waals surface area contributed by atoms with E-state index in [4.69, 9.17) is 9.84 Å². The van der Waals surface area contributed by atoms with E-state index in [9.17, 15) is 5.11 Å². The van der Waals surface area contributed by atoms with Gasteiger partial charge in [0.2, 0.25) is 0 Å². The van der Waals surface area contributed by atoms with E-state index in [2.05, 4.69) is 19.2 Å². The number of aliphatic hydroxyl groups excluding tert-OH is 2. The summed E-state index contributed by atoms with van der Waals surface area (Å²) < 4.78 is 5.36. The largest absolute Gasteiger partial charge is 0.396 e. The van der Waals surface area contributed by atoms with E-state index in [1.165, 1.54) is 6.42 Å². The maximum atomic E-state index is 9.51. The zero-order valence-electron chi connectivity index (χ0n) is 10.6. The Morgan fingerprint density at radius 1 is 1.25 bits per heavy atom. The van der Waals surface area contributed by atoms with Crippen molar-refractivity contribution in [3.63, 3.8) is 0 Å². The highest BCUT2D eigenvalue weighted by Gasteiger charge is 2.03. The molecule has 0 aromatic rings. The fraction of sp³-hybridized carbons (Fsp3) is 1.00. The second kappa shape index (κ2) is 11.3. The van der Waals surface area contributed by atoms with Gasteiger partial charge in [-0.15, -0.1) is 0 Å². The van der Waals surface area contributed by atoms with E-state index in [1.54, 1.807) is 0 Å². The van der Waals surface area contributed by atoms with Gasteiger partial charge >= 0.3 is 0 Å². The number of hydrogen-bond donors (Lipinski definition) is 3. The Bertz CT molecular complexity index is 142. The van der Waals surface area contributed by atoms with Crippen molar-refractivity contribution in [2.45, 2.75) is 39.2 Å². The molecule has 0 spiro atoms. The van der Waals surface area contributed by atoms with Gasteiger partial charge in [0, 0.05) is 19.8 Å². The van der Waals surface area contributed by atoms with Crippen LogP contribution >= 0.6 is 0 Å². The third-order valence-corrected chi connectivity index (χ3v) is 2.27. The molecule has 0 amide bonds. The van der Waals surface area contributed by atoms with Crippen molar-refractivity contribution in [2.75, 3.05) is 32.9 Å². The normalized spacial score (nSPS) is 13.3. The molecular weight excluding hydrogens is 206 g/mol. The molecule has 1 atom stereocenters. The summed E-state index contributed by atoms with van der Waals surface area (Å²) in [5, 5.41) is 21.1. The summed E-state index contributed by atoms with van der Waals surface area (Å²) in [6, 6.07) is 0. The van der Waals surface area contributed by atoms with Crippen LogP contribution in [0.3, 0.4) is 0 Å². The Balaban J connectivity index is 3.14. The average Bonchev–Trinajstić information content (AvgIpc) is 2.23. The van der Waals surface area contributed by atoms with Crippen LogP contribution in [0.1, 0.15) is 33.1 Å². The molecule has 98 valence electrons. The van der Waals surface area contributed by atoms with E-state index in [-0.39, 0.29) is 6.61 Å². The number of nitrogens with one attached hydrogen (secondary N) is 1. The fourth-order valence-electron chi connectivity index (χ4n) is 1.34. The molecule has 0 aliphatic rings. The predicted molar refractivity (Wildman–Crippen MR) is 65.5 cm³/mol. The van der Waals surface area contributed by atoms with Crippen LogP contribution in [-0.4, -0.2) is 49.2 Å². The lowest BCUT2D eigenvalue weighted by Gasteiger charge is -2.12. The van der Waals surface area contributed by atoms with Gasteiger partial charge in [-0.3, -0.25) is 0 Å². The molecular formula is C12H27NO3. The summed E-state index contributed by atoms with van der Waals surface area (Å²) in [5.74, 6) is 0.716. The third kappa shape index (κ3) is 11.9. The number of ether oxygens (including phenoxy) is 1. The van der Waals surface area contributed by atoms with E-state index in [0.717, 1.165) is 26.0 Å². The summed E-state index contributed by atoms with van der Waals surface area (Å²) in [4.78, 5) is 0. The summed E-state index contributed by atoms with van der Waals surface area (Å²) in [7, 11) is 0. The van der Waals surface area contributed by atoms with Crippen molar-refractivity contribution in [2.24, 2.45) is 5.92 Å². The zero-order chi connectivity index (χ0) is 12.2. The minimum absolute atomic E-state index is 0.189. The van der Waals surface area contributed by atoms with Crippen LogP contribution in [0.4, 0.5) is 0 Å². The van der Waals surface area contributed by atoms with Gasteiger partial charge in [-0.25, -0.2) is 0 Å². The van der Waals surface area contributed by atoms with Crippen molar-refractivity contribution in [3.05, 3.63) is 0 Å². The van der Waals surface area contributed by atoms with Crippen LogP contribution in [0.15, 0.2) is 0 Å². The fourth-order valence-corrected chi connectivity index (χ4v) is 1.34. The smallest absolute Gasteiger partial charge is 0.0897 e. The Morgan fingerprint density at radius 3 is 2.62 bits per heavy atom. The van der Waals surface area contributed by atoms with Crippen LogP contribution in [0.5, 0.6) is 0 Å². The number of hydrogen-bond acceptors (Lipinski definition) is 4. The summed E-state index contributed by atoms with van der Waals surface area (Å²) in [5.41, 5.74) is 0. The molecule has 1 unspecified atom stereocenters. The molecule has 0 aromatic carbocycles. The molecule has 0 aliphatic carbocycles. The van der Waals surface area contributed by atoms with E-state index in [1.807, 2.05) is 0 Å². The molecule has 16 heavy (non-hydrogen) atoms. The van der Waals surface area contributed by atoms with Crippen molar-refractivity contribution >= 4 is 0 Å². The quantitative estimate of drug-likeness (QED) is 0.461. The molecule has 0 aliphatic heterocycles. The van der Waals surface area contributed by atoms with Crippen molar-refractivity contribution in [1.29, 1.82) is 0 Å². The molecule has 0 rings (SSSR count). The minimum atomic E-state index is -0.447. The van der Waals surface area contributed by atoms with Crippen LogP contribution in [0, 0.1) is 5.92 Å². The van der Waals surface area contributed by atoms with Crippen LogP contribution in [-0.2, 0) is 4.74 Å². The molecule has 0 heterocycles. The Kier molecular flexibility index (Phi) is 11.2. The van der Waals surface area contributed by atoms with Crippen molar-refractivity contribution in [3.8, 4) is 0 Å². The maximum Gasteiger partial charge on any atom is 0.0897 e. The summed E-state index contributed by atoms with van der Waals surface area (Å²) in [6.45, 7) is 6.97. The molecule has 0 bridgehead atoms. The van der Waals surface area contributed by atoms with Crippen LogP contribution in [0.2, 0.25) is 0 Å². The lowest BCUT2D eigenvalue weighted by molar-refractivity contribution is 0.0347. The van der Waals surface area contributed by atoms with E-state index < -0.39 is 6.10 Å². The molecule has 0 saturated carbocycles. The van der Waals surface area contributed by atoms with Gasteiger partial charge in [-0.05, 0) is 31.7 Å². The van der Waals surface area contributed by atoms with Gasteiger partial charge in [-0.2, -0.15) is 0 Å². The average molecular weight is 233 g/mol. The molecule has 0 radical (unpaired) electrons. The SMILES string of the molecule is CC(C)CCCOCC(O)CNCCCO. The predicted octanol–water partition coefficient (Wildman–Crippen LogP) is 0.772. The van der Waals surface area contributed by atoms with Gasteiger partial charge in [0.25, 0.3) is 0 Å². The third-order valence-electron chi connectivity index (χ3n) is 2.27. The van der Waals surface area contributed by atoms with Gasteiger partial charge in [0.1, 0.15) is 0 Å². The lowest BCUT2D eigenvalue weighted by Crippen LogP contribution is -2.31. The highest BCUT2D eigenvalue weighted by molar-refractivity contribution is 4.58. The first kappa shape index (κ1) is 15.8. The van der Waals surface area contributed by atoms with Crippen molar-refractivity contribution < 1.29 is 14.9 Å². The molecule has 0 aromatic heterocycles. The summed E-state index contributed by atoms with van der Waals surface area (Å²) in [6.07, 6.45) is 2.51. The van der Waals surface area contributed by atoms with Gasteiger partial charge < -0.3 is 20.3 Å². The van der Waals surface area contributed by atoms with Gasteiger partial charge in [-0.1, -0.05) is 13.8 Å². The van der Waals surface area contributed by atoms with Crippen molar-refractivity contribution in [1.82, 2.24) is 5.32 Å². The molecule has 4 heteroatoms. The Hall–Kier alpha value is -0.160. The monoisotopic (exact) mass is 233 g/mol. The summed E-state index contributed by atoms with van der Waals surface area (Å²) >= 11 is 0. The van der Waals surface area contributed by atoms with Gasteiger partial charge in [0.05, 0.1) is 12.7 Å². The number of aliphatic hydroxyl groups is 2. The Morgan fingerprint density at radius 2 is 2.00 bits per heavy atom. The zero-order valence-corrected chi connectivity index (χ0v) is 10.6. The first-order chi connectivity index (χ1) is 7.66. The second-order valence-corrected chi connectivity index (χ2v) is 4.55. The Labute approximate surface area is 99.0 Å². The highest BCUT2D eigenvalue weighted by Crippen LogP contribution is 2.03. The molecule has 0 saturated heterocycles. The first-order valence-corrected chi connectivity index (χ1v) is 6.24. The first-order valence-electron chi connectivity index (χ1n) is 6.24. The minimum Gasteiger partial charge on any atom is -0.396 e. The lowest BCUT2D eigenvalue weighted by atomic mass is 10.1. The second-order valence-electron chi connectivity index (χ2n) is 4.55. The molecule has 4 nitrogen and oxygen atoms in total. The molecule has 3 N–H and O–H groups in total. The van der Waals surface area contributed by atoms with Gasteiger partial charge in [0.15, 0.2) is 0 Å². The van der Waals surface area contributed by atoms with Crippen LogP contribution < -0.4 is 5.32 Å². The van der Waals surface area contributed by atoms with E-state index >= 15 is 0 Å². The standard InChI is InChI=1S/C12H27NO3/c1-11(2)5-3-8-16-10-12(15)9-13-6-4-7-14/h11-15H,3-10H2,1-2H3. The molecule has 0 fully saturated rings. The maximum absolute atomic E-state index is 9.51.